The molecule has 0 aliphatic carbocycles. The summed E-state index contributed by atoms with van der Waals surface area (Å²) in [4.78, 5) is 35.1. The van der Waals surface area contributed by atoms with Gasteiger partial charge in [0.1, 0.15) is 17.2 Å². The van der Waals surface area contributed by atoms with Crippen molar-refractivity contribution in [3.05, 3.63) is 73.3 Å². The number of piperidine rings is 1. The number of nitrogens with zero attached hydrogens (tertiary/aromatic N) is 7. The minimum absolute atomic E-state index is 0.0606. The highest BCUT2D eigenvalue weighted by Gasteiger charge is 2.24. The van der Waals surface area contributed by atoms with Crippen molar-refractivity contribution in [1.82, 2.24) is 40.1 Å². The normalized spacial score (nSPS) is 15.5. The van der Waals surface area contributed by atoms with E-state index in [-0.39, 0.29) is 23.6 Å². The van der Waals surface area contributed by atoms with Gasteiger partial charge in [-0.3, -0.25) is 14.7 Å². The van der Waals surface area contributed by atoms with Gasteiger partial charge in [-0.15, -0.1) is 5.10 Å². The van der Waals surface area contributed by atoms with E-state index in [1.54, 1.807) is 52.3 Å². The number of aromatic amines is 1. The molecule has 0 spiro atoms. The van der Waals surface area contributed by atoms with Gasteiger partial charge >= 0.3 is 0 Å². The first-order chi connectivity index (χ1) is 17.1. The number of rotatable bonds is 6. The second kappa shape index (κ2) is 9.67. The fraction of sp³-hybridized carbons (Fsp3) is 0.208. The molecule has 2 amide bonds. The molecular weight excluding hydrogens is 446 g/mol. The van der Waals surface area contributed by atoms with Gasteiger partial charge in [0.2, 0.25) is 5.91 Å². The number of pyridine rings is 2. The fourth-order valence-corrected chi connectivity index (χ4v) is 4.00. The number of anilines is 1. The number of H-pyrrole nitrogens is 1. The molecule has 0 saturated carbocycles. The predicted octanol–water partition coefficient (Wildman–Crippen LogP) is 2.73. The summed E-state index contributed by atoms with van der Waals surface area (Å²) in [5, 5.41) is 18.0. The molecule has 11 heteroatoms. The van der Waals surface area contributed by atoms with E-state index in [1.165, 1.54) is 6.08 Å². The average Bonchev–Trinajstić information content (AvgIpc) is 3.62. The molecule has 5 heterocycles. The summed E-state index contributed by atoms with van der Waals surface area (Å²) in [6, 6.07) is 10.6. The number of hydrogen-bond donors (Lipinski definition) is 2. The van der Waals surface area contributed by atoms with E-state index in [4.69, 9.17) is 0 Å². The van der Waals surface area contributed by atoms with Crippen LogP contribution in [0.1, 0.15) is 29.4 Å². The maximum absolute atomic E-state index is 12.7. The zero-order chi connectivity index (χ0) is 24.2. The van der Waals surface area contributed by atoms with E-state index in [1.807, 2.05) is 12.3 Å². The zero-order valence-corrected chi connectivity index (χ0v) is 18.8. The molecule has 0 aromatic carbocycles. The molecule has 1 fully saturated rings. The van der Waals surface area contributed by atoms with Crippen LogP contribution in [0, 0.1) is 0 Å². The van der Waals surface area contributed by atoms with Gasteiger partial charge in [-0.1, -0.05) is 17.9 Å². The Kier molecular flexibility index (Phi) is 6.12. The SMILES string of the molecule is C=CC(=O)N1CCCC(n2cc(-c3ccc(NC(=O)c4cccc(-c5ccn[nH]5)n4)nc3)nn2)C1. The molecule has 4 aromatic heterocycles. The van der Waals surface area contributed by atoms with E-state index in [0.29, 0.717) is 23.8 Å². The molecule has 176 valence electrons. The lowest BCUT2D eigenvalue weighted by Gasteiger charge is -2.31. The summed E-state index contributed by atoms with van der Waals surface area (Å²) in [6.07, 6.45) is 8.27. The van der Waals surface area contributed by atoms with Crippen LogP contribution in [0.5, 0.6) is 0 Å². The van der Waals surface area contributed by atoms with Crippen LogP contribution in [0.25, 0.3) is 22.6 Å². The van der Waals surface area contributed by atoms with E-state index in [2.05, 4.69) is 42.4 Å². The number of amides is 2. The Morgan fingerprint density at radius 3 is 2.86 bits per heavy atom. The topological polar surface area (TPSA) is 135 Å². The Bertz CT molecular complexity index is 1350. The van der Waals surface area contributed by atoms with E-state index in [9.17, 15) is 9.59 Å². The van der Waals surface area contributed by atoms with Crippen molar-refractivity contribution in [3.63, 3.8) is 0 Å². The third-order valence-corrected chi connectivity index (χ3v) is 5.83. The van der Waals surface area contributed by atoms with Crippen LogP contribution >= 0.6 is 0 Å². The Morgan fingerprint density at radius 2 is 2.09 bits per heavy atom. The van der Waals surface area contributed by atoms with Gasteiger partial charge in [-0.2, -0.15) is 5.10 Å². The van der Waals surface area contributed by atoms with Gasteiger partial charge in [0.25, 0.3) is 5.91 Å². The summed E-state index contributed by atoms with van der Waals surface area (Å²) in [6.45, 7) is 4.87. The molecule has 0 radical (unpaired) electrons. The first-order valence-electron chi connectivity index (χ1n) is 11.2. The van der Waals surface area contributed by atoms with Gasteiger partial charge < -0.3 is 10.2 Å². The second-order valence-corrected chi connectivity index (χ2v) is 8.13. The van der Waals surface area contributed by atoms with Gasteiger partial charge in [0, 0.05) is 31.0 Å². The monoisotopic (exact) mass is 469 g/mol. The molecule has 11 nitrogen and oxygen atoms in total. The standard InChI is InChI=1S/C24H23N9O2/c1-2-23(34)32-12-4-5-17(14-32)33-15-21(30-31-33)16-8-9-22(25-13-16)28-24(35)20-7-3-6-18(27-20)19-10-11-26-29-19/h2-3,6-11,13,15,17H,1,4-5,12,14H2,(H,26,29)(H,25,28,35). The van der Waals surface area contributed by atoms with Crippen LogP contribution in [0.3, 0.4) is 0 Å². The molecule has 1 aliphatic rings. The lowest BCUT2D eigenvalue weighted by molar-refractivity contribution is -0.127. The molecule has 2 N–H and O–H groups in total. The van der Waals surface area contributed by atoms with Crippen molar-refractivity contribution in [2.75, 3.05) is 18.4 Å². The van der Waals surface area contributed by atoms with Crippen molar-refractivity contribution in [2.45, 2.75) is 18.9 Å². The number of aromatic nitrogens is 7. The number of carbonyl (C=O) groups excluding carboxylic acids is 2. The van der Waals surface area contributed by atoms with Gasteiger partial charge in [-0.25, -0.2) is 14.6 Å². The molecular formula is C24H23N9O2. The van der Waals surface area contributed by atoms with Gasteiger partial charge in [0.05, 0.1) is 23.6 Å². The highest BCUT2D eigenvalue weighted by molar-refractivity contribution is 6.02. The molecule has 0 bridgehead atoms. The van der Waals surface area contributed by atoms with Crippen molar-refractivity contribution in [3.8, 4) is 22.6 Å². The number of likely N-dealkylation sites (tertiary alicyclic amines) is 1. The number of carbonyl (C=O) groups is 2. The lowest BCUT2D eigenvalue weighted by Crippen LogP contribution is -2.40. The third-order valence-electron chi connectivity index (χ3n) is 5.83. The summed E-state index contributed by atoms with van der Waals surface area (Å²) in [5.41, 5.74) is 3.04. The minimum Gasteiger partial charge on any atom is -0.337 e. The number of hydrogen-bond acceptors (Lipinski definition) is 7. The van der Waals surface area contributed by atoms with Crippen LogP contribution in [-0.4, -0.2) is 65.0 Å². The van der Waals surface area contributed by atoms with Crippen LogP contribution in [-0.2, 0) is 4.79 Å². The van der Waals surface area contributed by atoms with E-state index >= 15 is 0 Å². The summed E-state index contributed by atoms with van der Waals surface area (Å²) >= 11 is 0. The predicted molar refractivity (Wildman–Crippen MR) is 128 cm³/mol. The summed E-state index contributed by atoms with van der Waals surface area (Å²) in [7, 11) is 0. The molecule has 1 atom stereocenters. The maximum atomic E-state index is 12.7. The lowest BCUT2D eigenvalue weighted by atomic mass is 10.1. The van der Waals surface area contributed by atoms with Crippen molar-refractivity contribution in [2.24, 2.45) is 0 Å². The number of nitrogens with one attached hydrogen (secondary N) is 2. The van der Waals surface area contributed by atoms with Crippen LogP contribution < -0.4 is 5.32 Å². The molecule has 4 aromatic rings. The Morgan fingerprint density at radius 1 is 1.17 bits per heavy atom. The zero-order valence-electron chi connectivity index (χ0n) is 18.8. The molecule has 1 aliphatic heterocycles. The van der Waals surface area contributed by atoms with E-state index < -0.39 is 0 Å². The first kappa shape index (κ1) is 22.1. The molecule has 35 heavy (non-hydrogen) atoms. The van der Waals surface area contributed by atoms with E-state index in [0.717, 1.165) is 30.6 Å². The second-order valence-electron chi connectivity index (χ2n) is 8.13. The smallest absolute Gasteiger partial charge is 0.275 e. The summed E-state index contributed by atoms with van der Waals surface area (Å²) in [5.74, 6) is -0.0423. The highest BCUT2D eigenvalue weighted by atomic mass is 16.2. The Labute approximate surface area is 200 Å². The van der Waals surface area contributed by atoms with Crippen LogP contribution in [0.2, 0.25) is 0 Å². The molecule has 1 unspecified atom stereocenters. The third kappa shape index (κ3) is 4.83. The van der Waals surface area contributed by atoms with Gasteiger partial charge in [-0.05, 0) is 49.2 Å². The maximum Gasteiger partial charge on any atom is 0.275 e. The molecule has 5 rings (SSSR count). The quantitative estimate of drug-likeness (QED) is 0.415. The van der Waals surface area contributed by atoms with Gasteiger partial charge in [0.15, 0.2) is 0 Å². The first-order valence-corrected chi connectivity index (χ1v) is 11.2. The largest absolute Gasteiger partial charge is 0.337 e. The van der Waals surface area contributed by atoms with Crippen LogP contribution in [0.15, 0.2) is 67.6 Å². The van der Waals surface area contributed by atoms with Crippen molar-refractivity contribution >= 4 is 17.6 Å². The van der Waals surface area contributed by atoms with Crippen molar-refractivity contribution < 1.29 is 9.59 Å². The Balaban J connectivity index is 1.25. The fourth-order valence-electron chi connectivity index (χ4n) is 4.00. The van der Waals surface area contributed by atoms with Crippen LogP contribution in [0.4, 0.5) is 5.82 Å². The average molecular weight is 470 g/mol. The Hall–Kier alpha value is -4.67. The highest BCUT2D eigenvalue weighted by Crippen LogP contribution is 2.24. The summed E-state index contributed by atoms with van der Waals surface area (Å²) < 4.78 is 1.80. The molecule has 1 saturated heterocycles. The minimum atomic E-state index is -0.367. The van der Waals surface area contributed by atoms with Crippen molar-refractivity contribution in [1.29, 1.82) is 0 Å².